The normalized spacial score (nSPS) is 20.2. The van der Waals surface area contributed by atoms with Gasteiger partial charge in [0.1, 0.15) is 22.9 Å². The van der Waals surface area contributed by atoms with E-state index in [0.717, 1.165) is 6.07 Å². The first-order valence-electron chi connectivity index (χ1n) is 17.8. The lowest BCUT2D eigenvalue weighted by Gasteiger charge is -2.26. The summed E-state index contributed by atoms with van der Waals surface area (Å²) in [6.45, 7) is 4.41. The molecule has 0 saturated heterocycles. The van der Waals surface area contributed by atoms with Crippen molar-refractivity contribution in [1.82, 2.24) is 30.3 Å². The molecule has 0 amide bonds. The van der Waals surface area contributed by atoms with Crippen molar-refractivity contribution in [3.05, 3.63) is 93.2 Å². The van der Waals surface area contributed by atoms with Crippen molar-refractivity contribution < 1.29 is 35.9 Å². The summed E-state index contributed by atoms with van der Waals surface area (Å²) in [5.74, 6) is -5.99. The van der Waals surface area contributed by atoms with Gasteiger partial charge in [0.25, 0.3) is 12.3 Å². The van der Waals surface area contributed by atoms with E-state index in [4.69, 9.17) is 26.7 Å². The molecular weight excluding hydrogens is 764 g/mol. The summed E-state index contributed by atoms with van der Waals surface area (Å²) in [6.07, 6.45) is -2.48. The molecule has 2 unspecified atom stereocenters. The third-order valence-electron chi connectivity index (χ3n) is 10.1. The predicted octanol–water partition coefficient (Wildman–Crippen LogP) is 7.84. The van der Waals surface area contributed by atoms with E-state index in [-0.39, 0.29) is 48.2 Å². The Morgan fingerprint density at radius 1 is 1.11 bits per heavy atom. The van der Waals surface area contributed by atoms with Gasteiger partial charge in [0.15, 0.2) is 5.82 Å². The van der Waals surface area contributed by atoms with E-state index < -0.39 is 59.0 Å². The number of aromatic nitrogens is 5. The summed E-state index contributed by atoms with van der Waals surface area (Å²) >= 11 is 6.77. The van der Waals surface area contributed by atoms with Crippen molar-refractivity contribution in [3.8, 4) is 11.1 Å². The Balaban J connectivity index is 1.28. The van der Waals surface area contributed by atoms with Gasteiger partial charge in [-0.2, -0.15) is 13.9 Å². The van der Waals surface area contributed by atoms with Crippen LogP contribution in [0.2, 0.25) is 5.02 Å². The number of hydrogen-bond acceptors (Lipinski definition) is 10. The summed E-state index contributed by atoms with van der Waals surface area (Å²) in [5, 5.41) is 30.2. The Labute approximate surface area is 322 Å². The highest BCUT2D eigenvalue weighted by molar-refractivity contribution is 6.37. The minimum absolute atomic E-state index is 0.00348. The minimum atomic E-state index is -3.49. The van der Waals surface area contributed by atoms with Gasteiger partial charge < -0.3 is 20.6 Å². The van der Waals surface area contributed by atoms with E-state index in [9.17, 15) is 22.7 Å². The van der Waals surface area contributed by atoms with E-state index >= 15 is 8.78 Å². The summed E-state index contributed by atoms with van der Waals surface area (Å²) in [4.78, 5) is 9.02. The van der Waals surface area contributed by atoms with Crippen LogP contribution in [0.3, 0.4) is 0 Å². The Hall–Kier alpha value is -5.00. The number of hydrogen-bond donors (Lipinski definition) is 4. The summed E-state index contributed by atoms with van der Waals surface area (Å²) in [5.41, 5.74) is 5.44. The molecule has 2 saturated carbocycles. The molecule has 2 aromatic carbocycles. The Morgan fingerprint density at radius 3 is 2.48 bits per heavy atom. The average Bonchev–Trinajstić information content (AvgIpc) is 3.43. The molecule has 0 radical (unpaired) electrons. The first kappa shape index (κ1) is 39.2. The Kier molecular flexibility index (Phi) is 10.4. The van der Waals surface area contributed by atoms with E-state index in [0.29, 0.717) is 51.3 Å². The molecule has 7 rings (SSSR count). The van der Waals surface area contributed by atoms with Crippen LogP contribution in [0, 0.1) is 24.5 Å². The predicted molar refractivity (Wildman–Crippen MR) is 198 cm³/mol. The molecular formula is C38H38ClF6N9O2. The van der Waals surface area contributed by atoms with Crippen LogP contribution in [0.4, 0.5) is 38.2 Å². The molecule has 5 N–H and O–H groups in total. The van der Waals surface area contributed by atoms with Gasteiger partial charge in [0.05, 0.1) is 39.9 Å². The number of nitrogens with two attached hydrogens (primary N) is 1. The van der Waals surface area contributed by atoms with E-state index in [1.807, 2.05) is 6.07 Å². The molecule has 3 aromatic heterocycles. The van der Waals surface area contributed by atoms with Crippen molar-refractivity contribution in [1.29, 1.82) is 0 Å². The number of nitrogens with zero attached hydrogens (tertiary/aromatic N) is 6. The third-order valence-corrected chi connectivity index (χ3v) is 10.4. The zero-order valence-corrected chi connectivity index (χ0v) is 31.4. The molecule has 3 atom stereocenters. The third kappa shape index (κ3) is 7.59. The van der Waals surface area contributed by atoms with Crippen LogP contribution in [-0.2, 0) is 19.1 Å². The SMILES string of the molecule is Cc1ccc(-c2ccc(Cl)c3c(Nc4nnc(C5(O)CC5)o4)nn(C)c23)c(C(Cc2cc(F)cc(F)c2)NC(C)CN=C2C(=C(N)C(F)F)C[C@@H](C)C2(F)F)n1. The number of benzene rings is 2. The fourth-order valence-electron chi connectivity index (χ4n) is 7.02. The van der Waals surface area contributed by atoms with Gasteiger partial charge in [-0.25, -0.2) is 17.6 Å². The van der Waals surface area contributed by atoms with Crippen LogP contribution >= 0.6 is 11.6 Å². The molecule has 0 spiro atoms. The highest BCUT2D eigenvalue weighted by atomic mass is 35.5. The first-order chi connectivity index (χ1) is 26.4. The number of aliphatic imine (C=N–C) groups is 1. The number of alkyl halides is 4. The van der Waals surface area contributed by atoms with Crippen molar-refractivity contribution in [3.63, 3.8) is 0 Å². The quantitative estimate of drug-likeness (QED) is 0.0925. The maximum Gasteiger partial charge on any atom is 0.321 e. The molecule has 0 aliphatic heterocycles. The van der Waals surface area contributed by atoms with Gasteiger partial charge in [-0.3, -0.25) is 20.0 Å². The lowest BCUT2D eigenvalue weighted by Crippen LogP contribution is -2.36. The van der Waals surface area contributed by atoms with Crippen molar-refractivity contribution in [2.24, 2.45) is 23.7 Å². The molecule has 2 aliphatic carbocycles. The lowest BCUT2D eigenvalue weighted by atomic mass is 9.93. The van der Waals surface area contributed by atoms with Crippen molar-refractivity contribution in [2.45, 2.75) is 76.5 Å². The van der Waals surface area contributed by atoms with Crippen LogP contribution in [-0.4, -0.2) is 60.7 Å². The number of nitrogens with one attached hydrogen (secondary N) is 2. The van der Waals surface area contributed by atoms with Gasteiger partial charge in [-0.15, -0.1) is 5.10 Å². The molecule has 0 bridgehead atoms. The van der Waals surface area contributed by atoms with E-state index in [1.54, 1.807) is 43.8 Å². The number of fused-ring (bicyclic) bond motifs is 1. The van der Waals surface area contributed by atoms with Crippen LogP contribution in [0.1, 0.15) is 62.0 Å². The molecule has 2 aliphatic rings. The second-order valence-corrected chi connectivity index (χ2v) is 14.9. The second kappa shape index (κ2) is 14.8. The molecule has 11 nitrogen and oxygen atoms in total. The number of aliphatic hydroxyl groups is 1. The van der Waals surface area contributed by atoms with Crippen molar-refractivity contribution >= 4 is 40.0 Å². The van der Waals surface area contributed by atoms with Crippen molar-refractivity contribution in [2.75, 3.05) is 11.9 Å². The van der Waals surface area contributed by atoms with Crippen LogP contribution in [0.15, 0.2) is 63.1 Å². The number of anilines is 2. The molecule has 2 fully saturated rings. The number of halogens is 7. The molecule has 56 heavy (non-hydrogen) atoms. The van der Waals surface area contributed by atoms with Gasteiger partial charge in [-0.1, -0.05) is 35.8 Å². The maximum atomic E-state index is 15.3. The van der Waals surface area contributed by atoms with Crippen LogP contribution in [0.5, 0.6) is 0 Å². The number of pyridine rings is 1. The maximum absolute atomic E-state index is 15.3. The average molecular weight is 802 g/mol. The number of allylic oxidation sites excluding steroid dienone is 2. The second-order valence-electron chi connectivity index (χ2n) is 14.5. The number of rotatable bonds is 12. The van der Waals surface area contributed by atoms with E-state index in [2.05, 4.69) is 30.9 Å². The van der Waals surface area contributed by atoms with Gasteiger partial charge in [0, 0.05) is 47.5 Å². The highest BCUT2D eigenvalue weighted by Gasteiger charge is 2.51. The molecule has 18 heteroatoms. The summed E-state index contributed by atoms with van der Waals surface area (Å²) in [7, 11) is 1.70. The largest absolute Gasteiger partial charge is 0.405 e. The lowest BCUT2D eigenvalue weighted by molar-refractivity contribution is 0.0330. The van der Waals surface area contributed by atoms with Crippen LogP contribution in [0.25, 0.3) is 22.0 Å². The Morgan fingerprint density at radius 2 is 1.80 bits per heavy atom. The van der Waals surface area contributed by atoms with Gasteiger partial charge in [-0.05, 0) is 69.4 Å². The van der Waals surface area contributed by atoms with Crippen LogP contribution < -0.4 is 16.4 Å². The monoisotopic (exact) mass is 801 g/mol. The molecule has 3 heterocycles. The number of aryl methyl sites for hydroxylation is 2. The first-order valence-corrected chi connectivity index (χ1v) is 18.2. The molecule has 5 aromatic rings. The molecule has 296 valence electrons. The summed E-state index contributed by atoms with van der Waals surface area (Å²) in [6, 6.07) is 8.70. The zero-order valence-electron chi connectivity index (χ0n) is 30.6. The zero-order chi connectivity index (χ0) is 40.3. The standard InChI is InChI=1S/C38H38ClF6N9O2/c1-17-11-25(29(46)33(42)43)32(38(17,44)45)47-16-19(3)48-27(14-20-12-21(40)15-22(41)13-20)30-23(6-5-18(2)49-30)24-7-8-26(39)28-31(24)54(4)53-34(28)50-36-52-51-35(56-36)37(55)9-10-37/h5-8,12-13,15,17,19,27,33,48,55H,9-11,14,16,46H2,1-4H3,(H,50,52,53)/t17-,19?,27?/m1/s1. The smallest absolute Gasteiger partial charge is 0.321 e. The van der Waals surface area contributed by atoms with Gasteiger partial charge >= 0.3 is 6.01 Å². The fraction of sp³-hybridized carbons (Fsp3) is 0.395. The fourth-order valence-corrected chi connectivity index (χ4v) is 7.27. The Bertz CT molecular complexity index is 2350. The topological polar surface area (TPSA) is 152 Å². The van der Waals surface area contributed by atoms with E-state index in [1.165, 1.54) is 19.1 Å². The minimum Gasteiger partial charge on any atom is -0.405 e. The van der Waals surface area contributed by atoms with Gasteiger partial charge in [0.2, 0.25) is 5.89 Å². The highest BCUT2D eigenvalue weighted by Crippen LogP contribution is 2.46. The summed E-state index contributed by atoms with van der Waals surface area (Å²) < 4.78 is 93.9.